The van der Waals surface area contributed by atoms with E-state index in [-0.39, 0.29) is 11.1 Å². The van der Waals surface area contributed by atoms with E-state index in [0.29, 0.717) is 4.88 Å². The summed E-state index contributed by atoms with van der Waals surface area (Å²) in [6.07, 6.45) is 5.57. The minimum Gasteiger partial charge on any atom is -0.347 e. The quantitative estimate of drug-likeness (QED) is 0.570. The molecule has 0 spiro atoms. The molecule has 0 bridgehead atoms. The third-order valence-corrected chi connectivity index (χ3v) is 4.65. The number of allylic oxidation sites excluding steroid dienone is 2. The van der Waals surface area contributed by atoms with Crippen LogP contribution in [0.15, 0.2) is 36.0 Å². The molecule has 0 amide bonds. The molecule has 2 heterocycles. The summed E-state index contributed by atoms with van der Waals surface area (Å²) in [7, 11) is 0. The molecular formula is C18H16N4S. The highest BCUT2D eigenvalue weighted by Crippen LogP contribution is 2.33. The molecule has 2 rings (SSSR count). The molecule has 2 aromatic rings. The Morgan fingerprint density at radius 2 is 1.87 bits per heavy atom. The minimum absolute atomic E-state index is 0.140. The van der Waals surface area contributed by atoms with Gasteiger partial charge in [-0.05, 0) is 30.7 Å². The molecule has 0 atom stereocenters. The lowest BCUT2D eigenvalue weighted by molar-refractivity contribution is 0.609. The molecule has 23 heavy (non-hydrogen) atoms. The maximum atomic E-state index is 9.24. The van der Waals surface area contributed by atoms with Crippen LogP contribution < -0.4 is 0 Å². The third kappa shape index (κ3) is 3.69. The topological polar surface area (TPSA) is 76.3 Å². The zero-order chi connectivity index (χ0) is 16.7. The highest BCUT2D eigenvalue weighted by molar-refractivity contribution is 7.16. The van der Waals surface area contributed by atoms with Gasteiger partial charge in [0, 0.05) is 17.6 Å². The van der Waals surface area contributed by atoms with Crippen molar-refractivity contribution >= 4 is 16.9 Å². The summed E-state index contributed by atoms with van der Waals surface area (Å²) in [5, 5.41) is 27.2. The average Bonchev–Trinajstić information content (AvgIpc) is 3.21. The second kappa shape index (κ2) is 7.99. The monoisotopic (exact) mass is 320 g/mol. The summed E-state index contributed by atoms with van der Waals surface area (Å²) in [5.74, 6) is 0. The molecule has 0 radical (unpaired) electrons. The summed E-state index contributed by atoms with van der Waals surface area (Å²) >= 11 is 1.43. The van der Waals surface area contributed by atoms with Crippen LogP contribution in [-0.4, -0.2) is 4.57 Å². The van der Waals surface area contributed by atoms with E-state index in [1.807, 2.05) is 24.3 Å². The molecule has 0 unspecified atom stereocenters. The first-order valence-electron chi connectivity index (χ1n) is 7.45. The fraction of sp³-hybridized carbons (Fsp3) is 0.278. The van der Waals surface area contributed by atoms with E-state index in [0.717, 1.165) is 23.5 Å². The number of hydrogen-bond acceptors (Lipinski definition) is 4. The van der Waals surface area contributed by atoms with E-state index in [9.17, 15) is 5.26 Å². The van der Waals surface area contributed by atoms with Gasteiger partial charge in [-0.2, -0.15) is 15.8 Å². The summed E-state index contributed by atoms with van der Waals surface area (Å²) in [6, 6.07) is 13.4. The maximum absolute atomic E-state index is 9.24. The smallest absolute Gasteiger partial charge is 0.148 e. The number of aromatic nitrogens is 1. The standard InChI is InChI=1S/C18H16N4S/c1-2-3-4-9-22-10-5-6-16(22)18-8-7-17(23-18)15(13-21)14(11-19)12-20/h5-8,10H,2-4,9H2,1H3. The van der Waals surface area contributed by atoms with Crippen molar-refractivity contribution in [2.45, 2.75) is 32.7 Å². The summed E-state index contributed by atoms with van der Waals surface area (Å²) < 4.78 is 2.20. The highest BCUT2D eigenvalue weighted by atomic mass is 32.1. The normalized spacial score (nSPS) is 9.65. The summed E-state index contributed by atoms with van der Waals surface area (Å²) in [5.41, 5.74) is 1.11. The second-order valence-electron chi connectivity index (χ2n) is 5.04. The lowest BCUT2D eigenvalue weighted by atomic mass is 10.1. The van der Waals surface area contributed by atoms with Crippen LogP contribution in [0.4, 0.5) is 0 Å². The van der Waals surface area contributed by atoms with Crippen molar-refractivity contribution in [2.24, 2.45) is 0 Å². The van der Waals surface area contributed by atoms with E-state index in [4.69, 9.17) is 10.5 Å². The Balaban J connectivity index is 2.33. The van der Waals surface area contributed by atoms with Gasteiger partial charge in [-0.3, -0.25) is 0 Å². The predicted octanol–water partition coefficient (Wildman–Crippen LogP) is 4.73. The van der Waals surface area contributed by atoms with Crippen molar-refractivity contribution in [1.29, 1.82) is 15.8 Å². The molecule has 0 aromatic carbocycles. The molecule has 0 saturated heterocycles. The van der Waals surface area contributed by atoms with E-state index >= 15 is 0 Å². The van der Waals surface area contributed by atoms with Gasteiger partial charge in [-0.1, -0.05) is 19.8 Å². The van der Waals surface area contributed by atoms with E-state index in [1.165, 1.54) is 24.2 Å². The lowest BCUT2D eigenvalue weighted by Gasteiger charge is -2.07. The van der Waals surface area contributed by atoms with Crippen LogP contribution in [0.2, 0.25) is 0 Å². The molecule has 114 valence electrons. The molecule has 4 nitrogen and oxygen atoms in total. The number of nitriles is 3. The first-order chi connectivity index (χ1) is 11.2. The zero-order valence-electron chi connectivity index (χ0n) is 12.9. The number of thiophene rings is 1. The Labute approximate surface area is 140 Å². The van der Waals surface area contributed by atoms with Gasteiger partial charge >= 0.3 is 0 Å². The fourth-order valence-electron chi connectivity index (χ4n) is 2.35. The Morgan fingerprint density at radius 1 is 1.09 bits per heavy atom. The van der Waals surface area contributed by atoms with Gasteiger partial charge in [-0.15, -0.1) is 11.3 Å². The first kappa shape index (κ1) is 16.6. The Kier molecular flexibility index (Phi) is 5.75. The van der Waals surface area contributed by atoms with E-state index in [1.54, 1.807) is 18.2 Å². The van der Waals surface area contributed by atoms with Crippen LogP contribution in [-0.2, 0) is 6.54 Å². The molecule has 0 aliphatic carbocycles. The van der Waals surface area contributed by atoms with Crippen LogP contribution in [0.3, 0.4) is 0 Å². The first-order valence-corrected chi connectivity index (χ1v) is 8.27. The van der Waals surface area contributed by atoms with Crippen molar-refractivity contribution in [2.75, 3.05) is 0 Å². The van der Waals surface area contributed by atoms with Crippen LogP contribution in [0, 0.1) is 34.0 Å². The van der Waals surface area contributed by atoms with Crippen molar-refractivity contribution in [3.8, 4) is 28.8 Å². The average molecular weight is 320 g/mol. The van der Waals surface area contributed by atoms with Crippen LogP contribution in [0.1, 0.15) is 31.1 Å². The fourth-order valence-corrected chi connectivity index (χ4v) is 3.39. The highest BCUT2D eigenvalue weighted by Gasteiger charge is 2.13. The molecule has 0 N–H and O–H groups in total. The number of unbranched alkanes of at least 4 members (excludes halogenated alkanes) is 2. The lowest BCUT2D eigenvalue weighted by Crippen LogP contribution is -1.97. The molecule has 2 aromatic heterocycles. The van der Waals surface area contributed by atoms with Crippen molar-refractivity contribution in [3.63, 3.8) is 0 Å². The third-order valence-electron chi connectivity index (χ3n) is 3.52. The Hall–Kier alpha value is -2.81. The van der Waals surface area contributed by atoms with Crippen LogP contribution in [0.5, 0.6) is 0 Å². The van der Waals surface area contributed by atoms with Gasteiger partial charge in [0.05, 0.1) is 16.1 Å². The van der Waals surface area contributed by atoms with Gasteiger partial charge < -0.3 is 4.57 Å². The molecule has 0 aliphatic heterocycles. The summed E-state index contributed by atoms with van der Waals surface area (Å²) in [6.45, 7) is 3.14. The van der Waals surface area contributed by atoms with Gasteiger partial charge in [0.25, 0.3) is 0 Å². The van der Waals surface area contributed by atoms with Gasteiger partial charge in [-0.25, -0.2) is 0 Å². The Bertz CT molecular complexity index is 817. The van der Waals surface area contributed by atoms with Crippen LogP contribution in [0.25, 0.3) is 16.1 Å². The molecule has 0 aliphatic rings. The van der Waals surface area contributed by atoms with Gasteiger partial charge in [0.1, 0.15) is 23.8 Å². The molecule has 0 fully saturated rings. The summed E-state index contributed by atoms with van der Waals surface area (Å²) in [4.78, 5) is 1.69. The van der Waals surface area contributed by atoms with Gasteiger partial charge in [0.15, 0.2) is 0 Å². The number of rotatable bonds is 6. The zero-order valence-corrected chi connectivity index (χ0v) is 13.7. The maximum Gasteiger partial charge on any atom is 0.148 e. The van der Waals surface area contributed by atoms with Crippen molar-refractivity contribution in [3.05, 3.63) is 40.9 Å². The molecule has 5 heteroatoms. The van der Waals surface area contributed by atoms with Crippen molar-refractivity contribution < 1.29 is 0 Å². The Morgan fingerprint density at radius 3 is 2.52 bits per heavy atom. The minimum atomic E-state index is -0.140. The number of aryl methyl sites for hydroxylation is 1. The predicted molar refractivity (Wildman–Crippen MR) is 91.0 cm³/mol. The van der Waals surface area contributed by atoms with Crippen LogP contribution >= 0.6 is 11.3 Å². The second-order valence-corrected chi connectivity index (χ2v) is 6.13. The largest absolute Gasteiger partial charge is 0.347 e. The number of hydrogen-bond donors (Lipinski definition) is 0. The van der Waals surface area contributed by atoms with E-state index in [2.05, 4.69) is 17.7 Å². The van der Waals surface area contributed by atoms with E-state index < -0.39 is 0 Å². The van der Waals surface area contributed by atoms with Gasteiger partial charge in [0.2, 0.25) is 0 Å². The number of nitrogens with zero attached hydrogens (tertiary/aromatic N) is 4. The molecule has 0 saturated carbocycles. The van der Waals surface area contributed by atoms with Crippen molar-refractivity contribution in [1.82, 2.24) is 4.57 Å². The molecular weight excluding hydrogens is 304 g/mol. The SMILES string of the molecule is CCCCCn1cccc1-c1ccc(C(C#N)=C(C#N)C#N)s1.